The summed E-state index contributed by atoms with van der Waals surface area (Å²) in [6.45, 7) is 1.88. The molecule has 28 heavy (non-hydrogen) atoms. The van der Waals surface area contributed by atoms with Gasteiger partial charge in [-0.3, -0.25) is 4.79 Å². The van der Waals surface area contributed by atoms with Crippen molar-refractivity contribution in [2.75, 3.05) is 13.4 Å². The highest BCUT2D eigenvalue weighted by Crippen LogP contribution is 2.34. The maximum Gasteiger partial charge on any atom is 0.339 e. The molecule has 1 aliphatic carbocycles. The zero-order valence-corrected chi connectivity index (χ0v) is 15.4. The minimum Gasteiger partial charge on any atom is -0.485 e. The zero-order chi connectivity index (χ0) is 19.3. The van der Waals surface area contributed by atoms with Crippen LogP contribution in [-0.2, 0) is 12.8 Å². The highest BCUT2D eigenvalue weighted by atomic mass is 16.7. The summed E-state index contributed by atoms with van der Waals surface area (Å²) >= 11 is 0. The SMILES string of the molecule is Cc1c(OCC(=O)c2ccc3c(c2)OCO3)ccc2c3c(c(=O)oc12)CCC3. The molecule has 0 bridgehead atoms. The molecule has 142 valence electrons. The molecule has 0 saturated heterocycles. The topological polar surface area (TPSA) is 75.0 Å². The van der Waals surface area contributed by atoms with Crippen molar-refractivity contribution in [1.29, 1.82) is 0 Å². The largest absolute Gasteiger partial charge is 0.485 e. The van der Waals surface area contributed by atoms with Gasteiger partial charge in [-0.25, -0.2) is 4.79 Å². The minimum atomic E-state index is -0.267. The Bertz CT molecular complexity index is 1170. The number of ketones is 1. The van der Waals surface area contributed by atoms with E-state index in [1.807, 2.05) is 19.1 Å². The second-order valence-electron chi connectivity index (χ2n) is 7.05. The normalized spacial score (nSPS) is 14.3. The second-order valence-corrected chi connectivity index (χ2v) is 7.05. The van der Waals surface area contributed by atoms with E-state index in [-0.39, 0.29) is 24.8 Å². The molecule has 1 aliphatic heterocycles. The Morgan fingerprint density at radius 2 is 1.89 bits per heavy atom. The number of benzene rings is 2. The molecular formula is C22H18O6. The van der Waals surface area contributed by atoms with Gasteiger partial charge in [0.15, 0.2) is 23.9 Å². The van der Waals surface area contributed by atoms with Gasteiger partial charge < -0.3 is 18.6 Å². The average Bonchev–Trinajstić information content (AvgIpc) is 3.37. The summed E-state index contributed by atoms with van der Waals surface area (Å²) in [6.07, 6.45) is 2.63. The molecule has 2 aliphatic rings. The molecule has 6 nitrogen and oxygen atoms in total. The predicted octanol–water partition coefficient (Wildman–Crippen LogP) is 3.58. The van der Waals surface area contributed by atoms with E-state index in [4.69, 9.17) is 18.6 Å². The first-order valence-electron chi connectivity index (χ1n) is 9.25. The number of ether oxygens (including phenoxy) is 3. The monoisotopic (exact) mass is 378 g/mol. The third-order valence-electron chi connectivity index (χ3n) is 5.39. The molecule has 3 aromatic rings. The molecule has 0 fully saturated rings. The molecule has 2 heterocycles. The zero-order valence-electron chi connectivity index (χ0n) is 15.4. The molecule has 1 aromatic heterocycles. The number of carbonyl (C=O) groups excluding carboxylic acids is 1. The van der Waals surface area contributed by atoms with Crippen molar-refractivity contribution in [1.82, 2.24) is 0 Å². The summed E-state index contributed by atoms with van der Waals surface area (Å²) in [4.78, 5) is 24.8. The van der Waals surface area contributed by atoms with Gasteiger partial charge in [0.2, 0.25) is 6.79 Å². The number of Topliss-reactive ketones (excluding diaryl/α,β-unsaturated/α-hetero) is 1. The minimum absolute atomic E-state index is 0.124. The number of hydrogen-bond donors (Lipinski definition) is 0. The number of rotatable bonds is 4. The number of fused-ring (bicyclic) bond motifs is 4. The van der Waals surface area contributed by atoms with Gasteiger partial charge in [-0.2, -0.15) is 0 Å². The lowest BCUT2D eigenvalue weighted by Gasteiger charge is -2.12. The van der Waals surface area contributed by atoms with Gasteiger partial charge in [-0.1, -0.05) is 0 Å². The maximum absolute atomic E-state index is 12.5. The Labute approximate surface area is 160 Å². The Morgan fingerprint density at radius 3 is 2.79 bits per heavy atom. The van der Waals surface area contributed by atoms with Crippen LogP contribution in [0.15, 0.2) is 39.5 Å². The first-order chi connectivity index (χ1) is 13.6. The number of hydrogen-bond acceptors (Lipinski definition) is 6. The lowest BCUT2D eigenvalue weighted by molar-refractivity contribution is 0.0920. The van der Waals surface area contributed by atoms with Crippen LogP contribution in [0.1, 0.15) is 33.5 Å². The first-order valence-corrected chi connectivity index (χ1v) is 9.25. The molecule has 0 N–H and O–H groups in total. The third-order valence-corrected chi connectivity index (χ3v) is 5.39. The van der Waals surface area contributed by atoms with Crippen LogP contribution in [0.3, 0.4) is 0 Å². The lowest BCUT2D eigenvalue weighted by Crippen LogP contribution is -2.12. The summed E-state index contributed by atoms with van der Waals surface area (Å²) in [5, 5.41) is 0.957. The molecule has 5 rings (SSSR count). The Balaban J connectivity index is 1.41. The van der Waals surface area contributed by atoms with Crippen molar-refractivity contribution in [3.05, 3.63) is 63.0 Å². The van der Waals surface area contributed by atoms with E-state index in [1.54, 1.807) is 18.2 Å². The van der Waals surface area contributed by atoms with Crippen molar-refractivity contribution < 1.29 is 23.4 Å². The van der Waals surface area contributed by atoms with Gasteiger partial charge in [0, 0.05) is 22.1 Å². The van der Waals surface area contributed by atoms with E-state index in [0.29, 0.717) is 28.4 Å². The molecule has 0 atom stereocenters. The molecule has 0 radical (unpaired) electrons. The molecule has 0 spiro atoms. The van der Waals surface area contributed by atoms with Crippen LogP contribution in [0.25, 0.3) is 11.0 Å². The Hall–Kier alpha value is -3.28. The summed E-state index contributed by atoms with van der Waals surface area (Å²) in [5.41, 5.74) is 3.36. The van der Waals surface area contributed by atoms with Crippen LogP contribution in [-0.4, -0.2) is 19.2 Å². The van der Waals surface area contributed by atoms with Gasteiger partial charge in [0.25, 0.3) is 0 Å². The standard InChI is InChI=1S/C22H18O6/c1-12-18(8-6-15-14-3-2-4-16(14)22(24)28-21(12)15)25-10-17(23)13-5-7-19-20(9-13)27-11-26-19/h5-9H,2-4,10-11H2,1H3. The highest BCUT2D eigenvalue weighted by molar-refractivity contribution is 5.98. The predicted molar refractivity (Wildman–Crippen MR) is 102 cm³/mol. The fourth-order valence-electron chi connectivity index (χ4n) is 3.92. The van der Waals surface area contributed by atoms with Crippen molar-refractivity contribution >= 4 is 16.8 Å². The van der Waals surface area contributed by atoms with E-state index >= 15 is 0 Å². The van der Waals surface area contributed by atoms with Crippen molar-refractivity contribution in [3.8, 4) is 17.2 Å². The third kappa shape index (κ3) is 2.64. The van der Waals surface area contributed by atoms with Crippen LogP contribution in [0, 0.1) is 6.92 Å². The van der Waals surface area contributed by atoms with Crippen molar-refractivity contribution in [2.24, 2.45) is 0 Å². The quantitative estimate of drug-likeness (QED) is 0.510. The van der Waals surface area contributed by atoms with Crippen LogP contribution in [0.5, 0.6) is 17.2 Å². The fourth-order valence-corrected chi connectivity index (χ4v) is 3.92. The molecule has 0 amide bonds. The highest BCUT2D eigenvalue weighted by Gasteiger charge is 2.22. The Kier molecular flexibility index (Phi) is 3.86. The van der Waals surface area contributed by atoms with Gasteiger partial charge >= 0.3 is 5.63 Å². The summed E-state index contributed by atoms with van der Waals surface area (Å²) in [5.74, 6) is 1.55. The van der Waals surface area contributed by atoms with Crippen molar-refractivity contribution in [2.45, 2.75) is 26.2 Å². The molecule has 2 aromatic carbocycles. The van der Waals surface area contributed by atoms with E-state index < -0.39 is 0 Å². The fraction of sp³-hybridized carbons (Fsp3) is 0.273. The summed E-state index contributed by atoms with van der Waals surface area (Å²) < 4.78 is 21.9. The van der Waals surface area contributed by atoms with Gasteiger partial charge in [0.05, 0.1) is 0 Å². The smallest absolute Gasteiger partial charge is 0.339 e. The van der Waals surface area contributed by atoms with Crippen LogP contribution < -0.4 is 19.8 Å². The van der Waals surface area contributed by atoms with E-state index in [1.165, 1.54) is 0 Å². The molecule has 0 unspecified atom stereocenters. The molecule has 6 heteroatoms. The Morgan fingerprint density at radius 1 is 1.07 bits per heavy atom. The molecule has 0 saturated carbocycles. The maximum atomic E-state index is 12.5. The van der Waals surface area contributed by atoms with E-state index in [2.05, 4.69) is 0 Å². The van der Waals surface area contributed by atoms with Gasteiger partial charge in [0.1, 0.15) is 11.3 Å². The average molecular weight is 378 g/mol. The molecular weight excluding hydrogens is 360 g/mol. The van der Waals surface area contributed by atoms with E-state index in [0.717, 1.165) is 41.3 Å². The van der Waals surface area contributed by atoms with Crippen LogP contribution in [0.4, 0.5) is 0 Å². The first kappa shape index (κ1) is 16.9. The number of aryl methyl sites for hydroxylation is 2. The lowest BCUT2D eigenvalue weighted by atomic mass is 10.0. The number of carbonyl (C=O) groups is 1. The van der Waals surface area contributed by atoms with Gasteiger partial charge in [-0.05, 0) is 62.1 Å². The van der Waals surface area contributed by atoms with Crippen molar-refractivity contribution in [3.63, 3.8) is 0 Å². The summed E-state index contributed by atoms with van der Waals surface area (Å²) in [7, 11) is 0. The van der Waals surface area contributed by atoms with Crippen LogP contribution in [0.2, 0.25) is 0 Å². The van der Waals surface area contributed by atoms with Crippen LogP contribution >= 0.6 is 0 Å². The second kappa shape index (κ2) is 6.41. The van der Waals surface area contributed by atoms with Gasteiger partial charge in [-0.15, -0.1) is 0 Å². The summed E-state index contributed by atoms with van der Waals surface area (Å²) in [6, 6.07) is 8.81. The van der Waals surface area contributed by atoms with E-state index in [9.17, 15) is 9.59 Å².